The summed E-state index contributed by atoms with van der Waals surface area (Å²) in [7, 11) is 0. The SMILES string of the molecule is Cc1ccc(NC(=O)CCN2CCC(C(N)=O)CC2)cc1.O=C(O)C(=O)O. The first-order valence-electron chi connectivity index (χ1n) is 8.53. The van der Waals surface area contributed by atoms with Gasteiger partial charge in [0.25, 0.3) is 0 Å². The van der Waals surface area contributed by atoms with Crippen LogP contribution >= 0.6 is 0 Å². The molecule has 0 bridgehead atoms. The third kappa shape index (κ3) is 8.82. The minimum Gasteiger partial charge on any atom is -0.473 e. The molecular weight excluding hydrogens is 354 g/mol. The third-order valence-electron chi connectivity index (χ3n) is 4.16. The van der Waals surface area contributed by atoms with Gasteiger partial charge in [0.1, 0.15) is 0 Å². The van der Waals surface area contributed by atoms with Crippen LogP contribution in [0, 0.1) is 12.8 Å². The quantitative estimate of drug-likeness (QED) is 0.549. The van der Waals surface area contributed by atoms with E-state index in [0.29, 0.717) is 6.42 Å². The highest BCUT2D eigenvalue weighted by atomic mass is 16.4. The summed E-state index contributed by atoms with van der Waals surface area (Å²) in [4.78, 5) is 43.4. The van der Waals surface area contributed by atoms with Crippen molar-refractivity contribution in [3.63, 3.8) is 0 Å². The van der Waals surface area contributed by atoms with E-state index in [4.69, 9.17) is 25.5 Å². The van der Waals surface area contributed by atoms with E-state index in [9.17, 15) is 9.59 Å². The molecule has 5 N–H and O–H groups in total. The fraction of sp³-hybridized carbons (Fsp3) is 0.444. The van der Waals surface area contributed by atoms with Crippen LogP contribution < -0.4 is 11.1 Å². The Kier molecular flexibility index (Phi) is 8.94. The number of piperidine rings is 1. The van der Waals surface area contributed by atoms with Crippen LogP contribution in [0.2, 0.25) is 0 Å². The molecule has 2 amide bonds. The van der Waals surface area contributed by atoms with Crippen molar-refractivity contribution < 1.29 is 29.4 Å². The van der Waals surface area contributed by atoms with E-state index in [1.54, 1.807) is 0 Å². The first-order valence-corrected chi connectivity index (χ1v) is 8.53. The van der Waals surface area contributed by atoms with Crippen LogP contribution in [0.15, 0.2) is 24.3 Å². The first kappa shape index (κ1) is 22.1. The van der Waals surface area contributed by atoms with Gasteiger partial charge in [0, 0.05) is 24.6 Å². The Morgan fingerprint density at radius 3 is 2.04 bits per heavy atom. The Morgan fingerprint density at radius 1 is 1.07 bits per heavy atom. The predicted molar refractivity (Wildman–Crippen MR) is 98.1 cm³/mol. The number of aryl methyl sites for hydroxylation is 1. The van der Waals surface area contributed by atoms with Gasteiger partial charge in [-0.1, -0.05) is 17.7 Å². The molecule has 0 spiro atoms. The predicted octanol–water partition coefficient (Wildman–Crippen LogP) is 0.677. The Balaban J connectivity index is 0.000000527. The molecule has 0 aromatic heterocycles. The molecule has 0 radical (unpaired) electrons. The van der Waals surface area contributed by atoms with E-state index < -0.39 is 11.9 Å². The Labute approximate surface area is 157 Å². The summed E-state index contributed by atoms with van der Waals surface area (Å²) in [6.07, 6.45) is 2.07. The highest BCUT2D eigenvalue weighted by Gasteiger charge is 2.23. The molecule has 148 valence electrons. The van der Waals surface area contributed by atoms with E-state index >= 15 is 0 Å². The zero-order chi connectivity index (χ0) is 20.4. The summed E-state index contributed by atoms with van der Waals surface area (Å²) in [5.74, 6) is -3.82. The number of hydrogen-bond acceptors (Lipinski definition) is 5. The largest absolute Gasteiger partial charge is 0.473 e. The summed E-state index contributed by atoms with van der Waals surface area (Å²) in [5.41, 5.74) is 7.31. The molecule has 27 heavy (non-hydrogen) atoms. The van der Waals surface area contributed by atoms with E-state index in [1.807, 2.05) is 31.2 Å². The minimum atomic E-state index is -1.82. The van der Waals surface area contributed by atoms with Crippen molar-refractivity contribution in [1.29, 1.82) is 0 Å². The van der Waals surface area contributed by atoms with Gasteiger partial charge in [0.05, 0.1) is 0 Å². The summed E-state index contributed by atoms with van der Waals surface area (Å²) >= 11 is 0. The molecule has 9 heteroatoms. The Bertz CT molecular complexity index is 654. The molecular formula is C18H25N3O6. The number of likely N-dealkylation sites (tertiary alicyclic amines) is 1. The molecule has 0 unspecified atom stereocenters. The molecule has 1 aromatic rings. The lowest BCUT2D eigenvalue weighted by Crippen LogP contribution is -2.39. The van der Waals surface area contributed by atoms with Crippen LogP contribution in [-0.2, 0) is 19.2 Å². The molecule has 1 aliphatic rings. The molecule has 2 rings (SSSR count). The monoisotopic (exact) mass is 379 g/mol. The third-order valence-corrected chi connectivity index (χ3v) is 4.16. The van der Waals surface area contributed by atoms with Crippen molar-refractivity contribution in [3.05, 3.63) is 29.8 Å². The maximum Gasteiger partial charge on any atom is 0.414 e. The fourth-order valence-corrected chi connectivity index (χ4v) is 2.56. The normalized spacial score (nSPS) is 14.6. The second-order valence-corrected chi connectivity index (χ2v) is 6.29. The summed E-state index contributed by atoms with van der Waals surface area (Å²) in [5, 5.41) is 17.7. The second kappa shape index (κ2) is 10.9. The van der Waals surface area contributed by atoms with Crippen LogP contribution in [0.4, 0.5) is 5.69 Å². The average molecular weight is 379 g/mol. The van der Waals surface area contributed by atoms with Crippen molar-refractivity contribution in [2.45, 2.75) is 26.2 Å². The van der Waals surface area contributed by atoms with E-state index in [0.717, 1.165) is 38.2 Å². The first-order chi connectivity index (χ1) is 12.7. The van der Waals surface area contributed by atoms with Gasteiger partial charge in [-0.3, -0.25) is 9.59 Å². The number of rotatable bonds is 5. The number of nitrogens with zero attached hydrogens (tertiary/aromatic N) is 1. The Hall–Kier alpha value is -2.94. The number of amides is 2. The Morgan fingerprint density at radius 2 is 1.59 bits per heavy atom. The number of aliphatic carboxylic acids is 2. The van der Waals surface area contributed by atoms with Crippen molar-refractivity contribution in [3.8, 4) is 0 Å². The lowest BCUT2D eigenvalue weighted by atomic mass is 9.96. The number of benzene rings is 1. The van der Waals surface area contributed by atoms with Crippen molar-refractivity contribution >= 4 is 29.4 Å². The molecule has 1 aromatic carbocycles. The maximum atomic E-state index is 11.9. The van der Waals surface area contributed by atoms with E-state index in [2.05, 4.69) is 10.2 Å². The minimum absolute atomic E-state index is 0.00244. The number of carboxylic acids is 2. The zero-order valence-corrected chi connectivity index (χ0v) is 15.2. The highest BCUT2D eigenvalue weighted by molar-refractivity contribution is 6.27. The lowest BCUT2D eigenvalue weighted by molar-refractivity contribution is -0.159. The van der Waals surface area contributed by atoms with Crippen molar-refractivity contribution in [2.24, 2.45) is 11.7 Å². The number of anilines is 1. The number of nitrogens with one attached hydrogen (secondary N) is 1. The maximum absolute atomic E-state index is 11.9. The van der Waals surface area contributed by atoms with Crippen molar-refractivity contribution in [1.82, 2.24) is 4.90 Å². The van der Waals surface area contributed by atoms with Gasteiger partial charge in [-0.25, -0.2) is 9.59 Å². The van der Waals surface area contributed by atoms with Crippen LogP contribution in [0.3, 0.4) is 0 Å². The fourth-order valence-electron chi connectivity index (χ4n) is 2.56. The van der Waals surface area contributed by atoms with Gasteiger partial charge in [0.2, 0.25) is 11.8 Å². The van der Waals surface area contributed by atoms with Crippen LogP contribution in [-0.4, -0.2) is 58.5 Å². The molecule has 9 nitrogen and oxygen atoms in total. The summed E-state index contributed by atoms with van der Waals surface area (Å²) in [6.45, 7) is 4.42. The number of nitrogens with two attached hydrogens (primary N) is 1. The van der Waals surface area contributed by atoms with Crippen molar-refractivity contribution in [2.75, 3.05) is 25.0 Å². The number of primary amides is 1. The standard InChI is InChI=1S/C16H23N3O2.C2H2O4/c1-12-2-4-14(5-3-12)18-15(20)8-11-19-9-6-13(7-10-19)16(17)21;3-1(4)2(5)6/h2-5,13H,6-11H2,1H3,(H2,17,21)(H,18,20);(H,3,4)(H,5,6). The molecule has 0 aliphatic carbocycles. The molecule has 1 saturated heterocycles. The van der Waals surface area contributed by atoms with Gasteiger partial charge >= 0.3 is 11.9 Å². The van der Waals surface area contributed by atoms with Gasteiger partial charge in [-0.2, -0.15) is 0 Å². The van der Waals surface area contributed by atoms with Gasteiger partial charge in [-0.15, -0.1) is 0 Å². The molecule has 1 heterocycles. The molecule has 0 saturated carbocycles. The number of carboxylic acid groups (broad SMARTS) is 2. The smallest absolute Gasteiger partial charge is 0.414 e. The molecule has 0 atom stereocenters. The van der Waals surface area contributed by atoms with Crippen LogP contribution in [0.1, 0.15) is 24.8 Å². The molecule has 1 aliphatic heterocycles. The second-order valence-electron chi connectivity index (χ2n) is 6.29. The van der Waals surface area contributed by atoms with Gasteiger partial charge in [-0.05, 0) is 45.0 Å². The number of carbonyl (C=O) groups is 4. The van der Waals surface area contributed by atoms with Gasteiger partial charge < -0.3 is 26.2 Å². The zero-order valence-electron chi connectivity index (χ0n) is 15.2. The average Bonchev–Trinajstić information content (AvgIpc) is 2.62. The molecule has 1 fully saturated rings. The number of hydrogen-bond donors (Lipinski definition) is 4. The summed E-state index contributed by atoms with van der Waals surface area (Å²) in [6, 6.07) is 7.77. The lowest BCUT2D eigenvalue weighted by Gasteiger charge is -2.30. The van der Waals surface area contributed by atoms with Crippen LogP contribution in [0.5, 0.6) is 0 Å². The van der Waals surface area contributed by atoms with E-state index in [-0.39, 0.29) is 17.7 Å². The van der Waals surface area contributed by atoms with E-state index in [1.165, 1.54) is 5.56 Å². The highest BCUT2D eigenvalue weighted by Crippen LogP contribution is 2.17. The van der Waals surface area contributed by atoms with Crippen LogP contribution in [0.25, 0.3) is 0 Å². The topological polar surface area (TPSA) is 150 Å². The van der Waals surface area contributed by atoms with Gasteiger partial charge in [0.15, 0.2) is 0 Å². The number of carbonyl (C=O) groups excluding carboxylic acids is 2. The summed E-state index contributed by atoms with van der Waals surface area (Å²) < 4.78 is 0.